The van der Waals surface area contributed by atoms with Gasteiger partial charge >= 0.3 is 0 Å². The first-order chi connectivity index (χ1) is 17.2. The summed E-state index contributed by atoms with van der Waals surface area (Å²) in [5.41, 5.74) is -1.37. The minimum Gasteiger partial charge on any atom is -0.502 e. The maximum atomic E-state index is 13.9. The number of carbonyl (C=O) groups excluding carboxylic acids is 2. The summed E-state index contributed by atoms with van der Waals surface area (Å²) in [5.74, 6) is -3.53. The Kier molecular flexibility index (Phi) is 7.01. The van der Waals surface area contributed by atoms with Crippen LogP contribution in [-0.2, 0) is 17.8 Å². The summed E-state index contributed by atoms with van der Waals surface area (Å²) in [6.07, 6.45) is 1.13. The summed E-state index contributed by atoms with van der Waals surface area (Å²) in [5, 5.41) is 18.6. The smallest absolute Gasteiger partial charge is 0.277 e. The Morgan fingerprint density at radius 2 is 2.06 bits per heavy atom. The van der Waals surface area contributed by atoms with Crippen LogP contribution >= 0.6 is 0 Å². The number of aromatic hydroxyl groups is 1. The van der Waals surface area contributed by atoms with Crippen LogP contribution in [0.25, 0.3) is 0 Å². The molecule has 1 aliphatic rings. The van der Waals surface area contributed by atoms with Crippen LogP contribution in [0, 0.1) is 18.6 Å². The SMILES string of the molecule is COCCN1CN(Cc2cc(C)on2)n2cc(C(=O)NCc3ccc(F)cc3F)c(=O)c(O)c2C1=O. The molecule has 1 aliphatic heterocycles. The zero-order valence-corrected chi connectivity index (χ0v) is 19.5. The number of hydrogen-bond donors (Lipinski definition) is 2. The van der Waals surface area contributed by atoms with Crippen LogP contribution in [0.1, 0.15) is 37.9 Å². The molecule has 0 bridgehead atoms. The van der Waals surface area contributed by atoms with Gasteiger partial charge in [0, 0.05) is 44.1 Å². The topological polar surface area (TPSA) is 130 Å². The second-order valence-corrected chi connectivity index (χ2v) is 8.13. The molecule has 0 atom stereocenters. The molecule has 36 heavy (non-hydrogen) atoms. The number of methoxy groups -OCH3 is 1. The van der Waals surface area contributed by atoms with Crippen molar-refractivity contribution in [1.82, 2.24) is 20.0 Å². The van der Waals surface area contributed by atoms with Crippen molar-refractivity contribution in [1.29, 1.82) is 0 Å². The van der Waals surface area contributed by atoms with E-state index in [1.807, 2.05) is 0 Å². The molecule has 3 aromatic rings. The van der Waals surface area contributed by atoms with Crippen LogP contribution < -0.4 is 15.8 Å². The molecule has 0 unspecified atom stereocenters. The molecule has 2 aromatic heterocycles. The van der Waals surface area contributed by atoms with Crippen molar-refractivity contribution in [3.63, 3.8) is 0 Å². The molecule has 2 amide bonds. The largest absolute Gasteiger partial charge is 0.502 e. The lowest BCUT2D eigenvalue weighted by Gasteiger charge is -2.39. The molecule has 0 aliphatic carbocycles. The van der Waals surface area contributed by atoms with Crippen LogP contribution in [0.2, 0.25) is 0 Å². The van der Waals surface area contributed by atoms with Crippen molar-refractivity contribution < 1.29 is 32.7 Å². The predicted octanol–water partition coefficient (Wildman–Crippen LogP) is 1.26. The maximum Gasteiger partial charge on any atom is 0.277 e. The molecule has 0 radical (unpaired) electrons. The standard InChI is InChI=1S/C23H23F2N5O6/c1-13-7-16(27-36-13)10-29-12-28(5-6-35-2)23(34)19-21(32)20(31)17(11-30(19)29)22(33)26-9-14-3-4-15(24)8-18(14)25/h3-4,7-8,11,32H,5-6,9-10,12H2,1-2H3,(H,26,33). The van der Waals surface area contributed by atoms with Crippen molar-refractivity contribution in [3.8, 4) is 5.75 Å². The monoisotopic (exact) mass is 503 g/mol. The molecule has 11 nitrogen and oxygen atoms in total. The van der Waals surface area contributed by atoms with Gasteiger partial charge in [0.2, 0.25) is 5.43 Å². The molecule has 13 heteroatoms. The Labute approximate surface area is 203 Å². The highest BCUT2D eigenvalue weighted by atomic mass is 19.1. The summed E-state index contributed by atoms with van der Waals surface area (Å²) in [7, 11) is 1.48. The molecule has 1 aromatic carbocycles. The third-order valence-corrected chi connectivity index (χ3v) is 5.58. The van der Waals surface area contributed by atoms with Gasteiger partial charge < -0.3 is 24.6 Å². The van der Waals surface area contributed by atoms with E-state index in [0.717, 1.165) is 18.3 Å². The van der Waals surface area contributed by atoms with Gasteiger partial charge in [-0.2, -0.15) is 0 Å². The van der Waals surface area contributed by atoms with Gasteiger partial charge in [0.1, 0.15) is 35.3 Å². The highest BCUT2D eigenvalue weighted by Crippen LogP contribution is 2.22. The molecular formula is C23H23F2N5O6. The molecule has 0 fully saturated rings. The van der Waals surface area contributed by atoms with E-state index in [1.165, 1.54) is 16.7 Å². The van der Waals surface area contributed by atoms with Gasteiger partial charge in [0.15, 0.2) is 11.4 Å². The van der Waals surface area contributed by atoms with Gasteiger partial charge in [-0.15, -0.1) is 0 Å². The van der Waals surface area contributed by atoms with Crippen LogP contribution in [0.4, 0.5) is 8.78 Å². The van der Waals surface area contributed by atoms with E-state index in [4.69, 9.17) is 9.26 Å². The number of halogens is 2. The summed E-state index contributed by atoms with van der Waals surface area (Å²) >= 11 is 0. The zero-order chi connectivity index (χ0) is 26.0. The fourth-order valence-electron chi connectivity index (χ4n) is 3.77. The third kappa shape index (κ3) is 4.91. The maximum absolute atomic E-state index is 13.9. The molecule has 190 valence electrons. The quantitative estimate of drug-likeness (QED) is 0.470. The summed E-state index contributed by atoms with van der Waals surface area (Å²) < 4.78 is 38.4. The minimum absolute atomic E-state index is 0.000903. The Hall–Kier alpha value is -4.26. The molecule has 4 rings (SSSR count). The van der Waals surface area contributed by atoms with E-state index >= 15 is 0 Å². The Balaban J connectivity index is 1.69. The fourth-order valence-corrected chi connectivity index (χ4v) is 3.77. The van der Waals surface area contributed by atoms with Gasteiger partial charge in [-0.3, -0.25) is 24.1 Å². The number of benzene rings is 1. The highest BCUT2D eigenvalue weighted by molar-refractivity contribution is 5.99. The average Bonchev–Trinajstić information content (AvgIpc) is 3.25. The second kappa shape index (κ2) is 10.2. The van der Waals surface area contributed by atoms with Crippen LogP contribution in [0.15, 0.2) is 39.8 Å². The van der Waals surface area contributed by atoms with Crippen molar-refractivity contribution in [2.75, 3.05) is 31.9 Å². The van der Waals surface area contributed by atoms with Crippen molar-refractivity contribution in [3.05, 3.63) is 80.6 Å². The number of amides is 2. The van der Waals surface area contributed by atoms with Crippen molar-refractivity contribution in [2.45, 2.75) is 20.0 Å². The van der Waals surface area contributed by atoms with Gasteiger partial charge in [-0.1, -0.05) is 11.2 Å². The van der Waals surface area contributed by atoms with Gasteiger partial charge in [-0.25, -0.2) is 8.78 Å². The summed E-state index contributed by atoms with van der Waals surface area (Å²) in [6.45, 7) is 1.93. The first-order valence-electron chi connectivity index (χ1n) is 10.9. The van der Waals surface area contributed by atoms with E-state index in [1.54, 1.807) is 18.0 Å². The Morgan fingerprint density at radius 3 is 2.72 bits per heavy atom. The van der Waals surface area contributed by atoms with Crippen LogP contribution in [0.5, 0.6) is 5.75 Å². The van der Waals surface area contributed by atoms with Crippen molar-refractivity contribution in [2.24, 2.45) is 0 Å². The molecule has 0 spiro atoms. The van der Waals surface area contributed by atoms with Gasteiger partial charge in [0.25, 0.3) is 11.8 Å². The summed E-state index contributed by atoms with van der Waals surface area (Å²) in [6, 6.07) is 4.56. The Bertz CT molecular complexity index is 1370. The second-order valence-electron chi connectivity index (χ2n) is 8.13. The van der Waals surface area contributed by atoms with E-state index in [0.29, 0.717) is 17.5 Å². The lowest BCUT2D eigenvalue weighted by molar-refractivity contribution is 0.0618. The fraction of sp³-hybridized carbons (Fsp3) is 0.304. The van der Waals surface area contributed by atoms with E-state index in [2.05, 4.69) is 10.5 Å². The number of rotatable bonds is 8. The number of aromatic nitrogens is 2. The van der Waals surface area contributed by atoms with Crippen LogP contribution in [0.3, 0.4) is 0 Å². The molecule has 3 heterocycles. The minimum atomic E-state index is -1.07. The van der Waals surface area contributed by atoms with E-state index in [-0.39, 0.29) is 44.2 Å². The number of carbonyl (C=O) groups is 2. The predicted molar refractivity (Wildman–Crippen MR) is 121 cm³/mol. The lowest BCUT2D eigenvalue weighted by Crippen LogP contribution is -2.54. The average molecular weight is 503 g/mol. The van der Waals surface area contributed by atoms with Gasteiger partial charge in [0.05, 0.1) is 13.2 Å². The number of hydrogen-bond acceptors (Lipinski definition) is 8. The van der Waals surface area contributed by atoms with E-state index in [9.17, 15) is 28.3 Å². The molecule has 0 saturated heterocycles. The molecular weight excluding hydrogens is 480 g/mol. The Morgan fingerprint density at radius 1 is 1.28 bits per heavy atom. The summed E-state index contributed by atoms with van der Waals surface area (Å²) in [4.78, 5) is 40.1. The normalized spacial score (nSPS) is 13.2. The lowest BCUT2D eigenvalue weighted by atomic mass is 10.1. The van der Waals surface area contributed by atoms with Gasteiger partial charge in [-0.05, 0) is 13.0 Å². The first-order valence-corrected chi connectivity index (χ1v) is 10.9. The van der Waals surface area contributed by atoms with Crippen molar-refractivity contribution >= 4 is 11.8 Å². The van der Waals surface area contributed by atoms with Crippen LogP contribution in [-0.4, -0.2) is 58.6 Å². The highest BCUT2D eigenvalue weighted by Gasteiger charge is 2.34. The first kappa shape index (κ1) is 24.9. The number of pyridine rings is 1. The number of nitrogens with zero attached hydrogens (tertiary/aromatic N) is 4. The molecule has 0 saturated carbocycles. The van der Waals surface area contributed by atoms with E-state index < -0.39 is 40.2 Å². The third-order valence-electron chi connectivity index (χ3n) is 5.58. The molecule has 2 N–H and O–H groups in total. The number of ether oxygens (including phenoxy) is 1. The zero-order valence-electron chi connectivity index (χ0n) is 19.5. The number of fused-ring (bicyclic) bond motifs is 1. The number of aryl methyl sites for hydroxylation is 1. The number of nitrogens with one attached hydrogen (secondary N) is 1.